The standard InChI is InChI=1S/C14H22N2O2S/c1-10-12(9-13(17)18)19-14(15-10)16-11-7-5-3-2-4-6-8-11/h11H,2-9H2,1H3,(H,15,16)(H,17,18). The van der Waals surface area contributed by atoms with Gasteiger partial charge in [0.25, 0.3) is 0 Å². The van der Waals surface area contributed by atoms with Crippen LogP contribution in [0.4, 0.5) is 5.13 Å². The normalized spacial score (nSPS) is 17.7. The zero-order valence-corrected chi connectivity index (χ0v) is 12.3. The van der Waals surface area contributed by atoms with Crippen LogP contribution < -0.4 is 5.32 Å². The average molecular weight is 282 g/mol. The number of nitrogens with zero attached hydrogens (tertiary/aromatic N) is 1. The third-order valence-corrected chi connectivity index (χ3v) is 4.73. The second-order valence-corrected chi connectivity index (χ2v) is 6.37. The van der Waals surface area contributed by atoms with Crippen molar-refractivity contribution in [3.05, 3.63) is 10.6 Å². The molecule has 0 unspecified atom stereocenters. The number of aromatic nitrogens is 1. The summed E-state index contributed by atoms with van der Waals surface area (Å²) in [5.74, 6) is -0.788. The maximum absolute atomic E-state index is 10.8. The van der Waals surface area contributed by atoms with E-state index in [1.54, 1.807) is 0 Å². The van der Waals surface area contributed by atoms with Crippen molar-refractivity contribution in [1.29, 1.82) is 0 Å². The lowest BCUT2D eigenvalue weighted by atomic mass is 9.97. The molecule has 1 aromatic rings. The van der Waals surface area contributed by atoms with Crippen molar-refractivity contribution in [3.63, 3.8) is 0 Å². The molecule has 2 rings (SSSR count). The zero-order valence-electron chi connectivity index (χ0n) is 11.4. The van der Waals surface area contributed by atoms with Crippen molar-refractivity contribution in [3.8, 4) is 0 Å². The summed E-state index contributed by atoms with van der Waals surface area (Å²) in [6.45, 7) is 1.89. The third-order valence-electron chi connectivity index (χ3n) is 3.64. The number of aryl methyl sites for hydroxylation is 1. The molecule has 0 bridgehead atoms. The number of hydrogen-bond donors (Lipinski definition) is 2. The highest BCUT2D eigenvalue weighted by molar-refractivity contribution is 7.15. The molecule has 1 aliphatic carbocycles. The van der Waals surface area contributed by atoms with E-state index in [1.807, 2.05) is 6.92 Å². The van der Waals surface area contributed by atoms with Crippen molar-refractivity contribution < 1.29 is 9.90 Å². The molecular formula is C14H22N2O2S. The lowest BCUT2D eigenvalue weighted by molar-refractivity contribution is -0.136. The maximum Gasteiger partial charge on any atom is 0.308 e. The van der Waals surface area contributed by atoms with Crippen molar-refractivity contribution >= 4 is 22.4 Å². The molecule has 4 nitrogen and oxygen atoms in total. The molecule has 5 heteroatoms. The van der Waals surface area contributed by atoms with Crippen LogP contribution in [-0.4, -0.2) is 22.1 Å². The van der Waals surface area contributed by atoms with Crippen molar-refractivity contribution in [2.24, 2.45) is 0 Å². The van der Waals surface area contributed by atoms with Crippen LogP contribution in [0.2, 0.25) is 0 Å². The summed E-state index contributed by atoms with van der Waals surface area (Å²) in [6, 6.07) is 0.503. The first-order valence-corrected chi connectivity index (χ1v) is 7.91. The van der Waals surface area contributed by atoms with Gasteiger partial charge in [-0.3, -0.25) is 4.79 Å². The Morgan fingerprint density at radius 2 is 1.95 bits per heavy atom. The Balaban J connectivity index is 1.95. The molecular weight excluding hydrogens is 260 g/mol. The number of carbonyl (C=O) groups is 1. The fourth-order valence-electron chi connectivity index (χ4n) is 2.57. The molecule has 1 aromatic heterocycles. The van der Waals surface area contributed by atoms with Crippen LogP contribution >= 0.6 is 11.3 Å². The van der Waals surface area contributed by atoms with Gasteiger partial charge in [0.05, 0.1) is 12.1 Å². The van der Waals surface area contributed by atoms with E-state index in [1.165, 1.54) is 56.3 Å². The Bertz CT molecular complexity index is 423. The van der Waals surface area contributed by atoms with Gasteiger partial charge in [0.2, 0.25) is 0 Å². The largest absolute Gasteiger partial charge is 0.481 e. The minimum absolute atomic E-state index is 0.0792. The number of anilines is 1. The summed E-state index contributed by atoms with van der Waals surface area (Å²) in [5.41, 5.74) is 0.848. The summed E-state index contributed by atoms with van der Waals surface area (Å²) < 4.78 is 0. The molecule has 0 aliphatic heterocycles. The number of aliphatic carboxylic acids is 1. The second-order valence-electron chi connectivity index (χ2n) is 5.28. The Morgan fingerprint density at radius 3 is 2.58 bits per heavy atom. The fourth-order valence-corrected chi connectivity index (χ4v) is 3.60. The van der Waals surface area contributed by atoms with Crippen molar-refractivity contribution in [2.75, 3.05) is 5.32 Å². The Labute approximate surface area is 118 Å². The van der Waals surface area contributed by atoms with Gasteiger partial charge < -0.3 is 10.4 Å². The summed E-state index contributed by atoms with van der Waals surface area (Å²) in [7, 11) is 0. The molecule has 1 aliphatic rings. The first-order valence-electron chi connectivity index (χ1n) is 7.10. The van der Waals surface area contributed by atoms with Crippen LogP contribution in [0.3, 0.4) is 0 Å². The molecule has 0 spiro atoms. The Hall–Kier alpha value is -1.10. The number of nitrogens with one attached hydrogen (secondary N) is 1. The first kappa shape index (κ1) is 14.3. The van der Waals surface area contributed by atoms with Crippen LogP contribution in [0.1, 0.15) is 55.5 Å². The number of thiazole rings is 1. The van der Waals surface area contributed by atoms with E-state index in [0.29, 0.717) is 6.04 Å². The molecule has 2 N–H and O–H groups in total. The van der Waals surface area contributed by atoms with E-state index < -0.39 is 5.97 Å². The minimum Gasteiger partial charge on any atom is -0.481 e. The van der Waals surface area contributed by atoms with Gasteiger partial charge in [0.1, 0.15) is 0 Å². The first-order chi connectivity index (χ1) is 9.15. The van der Waals surface area contributed by atoms with Gasteiger partial charge in [-0.25, -0.2) is 4.98 Å². The maximum atomic E-state index is 10.8. The Kier molecular flexibility index (Phi) is 5.19. The van der Waals surface area contributed by atoms with E-state index >= 15 is 0 Å². The lowest BCUT2D eigenvalue weighted by Crippen LogP contribution is -2.20. The van der Waals surface area contributed by atoms with Crippen LogP contribution in [0.15, 0.2) is 0 Å². The van der Waals surface area contributed by atoms with Gasteiger partial charge in [-0.05, 0) is 19.8 Å². The van der Waals surface area contributed by atoms with Gasteiger partial charge in [-0.2, -0.15) is 0 Å². The van der Waals surface area contributed by atoms with Crippen molar-refractivity contribution in [1.82, 2.24) is 4.98 Å². The van der Waals surface area contributed by atoms with Crippen LogP contribution in [-0.2, 0) is 11.2 Å². The monoisotopic (exact) mass is 282 g/mol. The number of hydrogen-bond acceptors (Lipinski definition) is 4. The molecule has 0 amide bonds. The summed E-state index contributed by atoms with van der Waals surface area (Å²) in [5, 5.41) is 13.2. The molecule has 0 saturated heterocycles. The zero-order chi connectivity index (χ0) is 13.7. The molecule has 1 heterocycles. The highest BCUT2D eigenvalue weighted by Gasteiger charge is 2.15. The lowest BCUT2D eigenvalue weighted by Gasteiger charge is -2.20. The van der Waals surface area contributed by atoms with Gasteiger partial charge in [-0.1, -0.05) is 32.1 Å². The second kappa shape index (κ2) is 6.89. The topological polar surface area (TPSA) is 62.2 Å². The summed E-state index contributed by atoms with van der Waals surface area (Å²) in [6.07, 6.45) is 9.08. The van der Waals surface area contributed by atoms with Gasteiger partial charge in [0, 0.05) is 10.9 Å². The molecule has 106 valence electrons. The van der Waals surface area contributed by atoms with Gasteiger partial charge >= 0.3 is 5.97 Å². The molecule has 0 radical (unpaired) electrons. The fraction of sp³-hybridized carbons (Fsp3) is 0.714. The quantitative estimate of drug-likeness (QED) is 0.885. The highest BCUT2D eigenvalue weighted by Crippen LogP contribution is 2.26. The highest BCUT2D eigenvalue weighted by atomic mass is 32.1. The molecule has 1 saturated carbocycles. The molecule has 19 heavy (non-hydrogen) atoms. The predicted molar refractivity (Wildman–Crippen MR) is 77.9 cm³/mol. The van der Waals surface area contributed by atoms with E-state index in [4.69, 9.17) is 5.11 Å². The Morgan fingerprint density at radius 1 is 1.32 bits per heavy atom. The molecule has 0 atom stereocenters. The number of rotatable bonds is 4. The van der Waals surface area contributed by atoms with Gasteiger partial charge in [0.15, 0.2) is 5.13 Å². The van der Waals surface area contributed by atoms with E-state index in [0.717, 1.165) is 15.7 Å². The predicted octanol–water partition coefficient (Wildman–Crippen LogP) is 3.60. The third kappa shape index (κ3) is 4.49. The van der Waals surface area contributed by atoms with Crippen LogP contribution in [0.5, 0.6) is 0 Å². The smallest absolute Gasteiger partial charge is 0.308 e. The van der Waals surface area contributed by atoms with Crippen LogP contribution in [0, 0.1) is 6.92 Å². The summed E-state index contributed by atoms with van der Waals surface area (Å²) in [4.78, 5) is 16.1. The minimum atomic E-state index is -0.788. The van der Waals surface area contributed by atoms with E-state index in [9.17, 15) is 4.79 Å². The van der Waals surface area contributed by atoms with Gasteiger partial charge in [-0.15, -0.1) is 11.3 Å². The summed E-state index contributed by atoms with van der Waals surface area (Å²) >= 11 is 1.49. The van der Waals surface area contributed by atoms with E-state index in [-0.39, 0.29) is 6.42 Å². The van der Waals surface area contributed by atoms with Crippen molar-refractivity contribution in [2.45, 2.75) is 64.3 Å². The van der Waals surface area contributed by atoms with Crippen LogP contribution in [0.25, 0.3) is 0 Å². The SMILES string of the molecule is Cc1nc(NC2CCCCCCC2)sc1CC(=O)O. The molecule has 1 fully saturated rings. The molecule has 0 aromatic carbocycles. The number of carboxylic acids is 1. The number of carboxylic acid groups (broad SMARTS) is 1. The van der Waals surface area contributed by atoms with E-state index in [2.05, 4.69) is 10.3 Å². The average Bonchev–Trinajstić information content (AvgIpc) is 2.62.